The fraction of sp³-hybridized carbons (Fsp3) is 0.304. The Labute approximate surface area is 188 Å². The molecule has 9 heteroatoms. The van der Waals surface area contributed by atoms with Crippen molar-refractivity contribution in [3.05, 3.63) is 52.8 Å². The third-order valence-electron chi connectivity index (χ3n) is 5.11. The molecule has 1 fully saturated rings. The molecule has 0 radical (unpaired) electrons. The van der Waals surface area contributed by atoms with Crippen molar-refractivity contribution in [1.82, 2.24) is 4.57 Å². The van der Waals surface area contributed by atoms with Crippen molar-refractivity contribution >= 4 is 45.0 Å². The van der Waals surface area contributed by atoms with E-state index < -0.39 is 5.91 Å². The van der Waals surface area contributed by atoms with Crippen LogP contribution in [0.1, 0.15) is 30.1 Å². The number of carbonyl (C=O) groups is 3. The highest BCUT2D eigenvalue weighted by Crippen LogP contribution is 2.25. The van der Waals surface area contributed by atoms with Gasteiger partial charge in [0.25, 0.3) is 5.91 Å². The van der Waals surface area contributed by atoms with Crippen molar-refractivity contribution in [3.63, 3.8) is 0 Å². The van der Waals surface area contributed by atoms with Crippen molar-refractivity contribution in [3.8, 4) is 5.75 Å². The summed E-state index contributed by atoms with van der Waals surface area (Å²) in [6, 6.07) is 12.2. The van der Waals surface area contributed by atoms with Gasteiger partial charge in [-0.25, -0.2) is 0 Å². The Hall–Kier alpha value is -3.30. The van der Waals surface area contributed by atoms with E-state index >= 15 is 0 Å². The van der Waals surface area contributed by atoms with Crippen LogP contribution in [-0.2, 0) is 20.9 Å². The highest BCUT2D eigenvalue weighted by atomic mass is 32.1. The number of hydrogen-bond donors (Lipinski definition) is 0. The van der Waals surface area contributed by atoms with E-state index in [2.05, 4.69) is 4.99 Å². The Balaban J connectivity index is 1.67. The van der Waals surface area contributed by atoms with Crippen LogP contribution in [0.3, 0.4) is 0 Å². The molecular formula is C23H23N3O5S. The number of imide groups is 1. The van der Waals surface area contributed by atoms with Crippen LogP contribution in [0.2, 0.25) is 0 Å². The standard InChI is InChI=1S/C23H23N3O5S/c1-3-31-17-8-9-18-19(14-17)32-23(25(18)12-13-30-2)24-22(29)15-4-6-16(7-5-15)26-20(27)10-11-21(26)28/h4-9,14H,3,10-13H2,1-2H3. The number of nitrogens with zero attached hydrogens (tertiary/aromatic N) is 3. The lowest BCUT2D eigenvalue weighted by Crippen LogP contribution is -2.28. The number of carbonyl (C=O) groups excluding carboxylic acids is 3. The average molecular weight is 454 g/mol. The first-order valence-electron chi connectivity index (χ1n) is 10.3. The molecule has 0 N–H and O–H groups in total. The lowest BCUT2D eigenvalue weighted by molar-refractivity contribution is -0.121. The summed E-state index contributed by atoms with van der Waals surface area (Å²) in [5, 5.41) is 0. The van der Waals surface area contributed by atoms with Gasteiger partial charge < -0.3 is 14.0 Å². The summed E-state index contributed by atoms with van der Waals surface area (Å²) in [4.78, 5) is 42.8. The van der Waals surface area contributed by atoms with Crippen molar-refractivity contribution < 1.29 is 23.9 Å². The molecule has 1 aliphatic heterocycles. The van der Waals surface area contributed by atoms with Crippen LogP contribution in [0.4, 0.5) is 5.69 Å². The Morgan fingerprint density at radius 1 is 1.09 bits per heavy atom. The molecule has 0 spiro atoms. The van der Waals surface area contributed by atoms with Crippen molar-refractivity contribution in [2.75, 3.05) is 25.2 Å². The Morgan fingerprint density at radius 2 is 1.81 bits per heavy atom. The molecule has 3 aromatic rings. The van der Waals surface area contributed by atoms with Crippen LogP contribution < -0.4 is 14.4 Å². The zero-order chi connectivity index (χ0) is 22.7. The third kappa shape index (κ3) is 4.35. The van der Waals surface area contributed by atoms with Gasteiger partial charge in [-0.15, -0.1) is 0 Å². The minimum absolute atomic E-state index is 0.216. The van der Waals surface area contributed by atoms with E-state index in [1.54, 1.807) is 31.4 Å². The molecule has 1 aliphatic rings. The maximum atomic E-state index is 12.9. The van der Waals surface area contributed by atoms with Gasteiger partial charge in [-0.3, -0.25) is 19.3 Å². The number of benzene rings is 2. The Morgan fingerprint density at radius 3 is 2.47 bits per heavy atom. The molecule has 0 aliphatic carbocycles. The number of amides is 3. The van der Waals surface area contributed by atoms with Gasteiger partial charge in [-0.05, 0) is 49.4 Å². The molecule has 1 saturated heterocycles. The molecule has 2 aromatic carbocycles. The number of methoxy groups -OCH3 is 1. The van der Waals surface area contributed by atoms with Gasteiger partial charge in [0, 0.05) is 32.1 Å². The zero-order valence-electron chi connectivity index (χ0n) is 17.9. The predicted molar refractivity (Wildman–Crippen MR) is 121 cm³/mol. The third-order valence-corrected chi connectivity index (χ3v) is 6.15. The molecule has 2 heterocycles. The quantitative estimate of drug-likeness (QED) is 0.513. The maximum absolute atomic E-state index is 12.9. The molecule has 4 rings (SSSR count). The summed E-state index contributed by atoms with van der Waals surface area (Å²) in [6.45, 7) is 3.53. The molecule has 0 bridgehead atoms. The van der Waals surface area contributed by atoms with E-state index in [4.69, 9.17) is 9.47 Å². The molecule has 8 nitrogen and oxygen atoms in total. The minimum atomic E-state index is -0.404. The Bertz CT molecular complexity index is 1230. The zero-order valence-corrected chi connectivity index (χ0v) is 18.7. The number of thiazole rings is 1. The summed E-state index contributed by atoms with van der Waals surface area (Å²) in [5.41, 5.74) is 1.79. The van der Waals surface area contributed by atoms with E-state index in [0.717, 1.165) is 20.9 Å². The van der Waals surface area contributed by atoms with Crippen LogP contribution in [0, 0.1) is 0 Å². The molecular weight excluding hydrogens is 430 g/mol. The van der Waals surface area contributed by atoms with Gasteiger partial charge in [0.05, 0.1) is 29.1 Å². The number of rotatable bonds is 7. The molecule has 1 aromatic heterocycles. The van der Waals surface area contributed by atoms with E-state index in [-0.39, 0.29) is 24.7 Å². The summed E-state index contributed by atoms with van der Waals surface area (Å²) in [6.07, 6.45) is 0.431. The number of anilines is 1. The van der Waals surface area contributed by atoms with Crippen LogP contribution >= 0.6 is 11.3 Å². The number of hydrogen-bond acceptors (Lipinski definition) is 6. The summed E-state index contributed by atoms with van der Waals surface area (Å²) < 4.78 is 13.7. The first-order valence-corrected chi connectivity index (χ1v) is 11.1. The Kier molecular flexibility index (Phi) is 6.48. The van der Waals surface area contributed by atoms with Crippen LogP contribution in [0.15, 0.2) is 47.5 Å². The van der Waals surface area contributed by atoms with E-state index in [9.17, 15) is 14.4 Å². The molecule has 0 unspecified atom stereocenters. The molecule has 166 valence electrons. The predicted octanol–water partition coefficient (Wildman–Crippen LogP) is 3.14. The van der Waals surface area contributed by atoms with Crippen molar-refractivity contribution in [2.24, 2.45) is 4.99 Å². The highest BCUT2D eigenvalue weighted by Gasteiger charge is 2.30. The fourth-order valence-electron chi connectivity index (χ4n) is 3.56. The second kappa shape index (κ2) is 9.46. The highest BCUT2D eigenvalue weighted by molar-refractivity contribution is 7.16. The van der Waals surface area contributed by atoms with Crippen molar-refractivity contribution in [2.45, 2.75) is 26.3 Å². The summed E-state index contributed by atoms with van der Waals surface area (Å²) in [5.74, 6) is -0.0951. The first kappa shape index (κ1) is 21.9. The summed E-state index contributed by atoms with van der Waals surface area (Å²) in [7, 11) is 1.63. The van der Waals surface area contributed by atoms with Gasteiger partial charge in [0.2, 0.25) is 11.8 Å². The second-order valence-electron chi connectivity index (χ2n) is 7.18. The average Bonchev–Trinajstić information content (AvgIpc) is 3.30. The molecule has 32 heavy (non-hydrogen) atoms. The van der Waals surface area contributed by atoms with E-state index in [1.807, 2.05) is 29.7 Å². The number of aromatic nitrogens is 1. The lowest BCUT2D eigenvalue weighted by atomic mass is 10.2. The number of ether oxygens (including phenoxy) is 2. The minimum Gasteiger partial charge on any atom is -0.494 e. The van der Waals surface area contributed by atoms with E-state index in [1.165, 1.54) is 11.3 Å². The molecule has 0 saturated carbocycles. The number of fused-ring (bicyclic) bond motifs is 1. The van der Waals surface area contributed by atoms with Gasteiger partial charge in [-0.1, -0.05) is 11.3 Å². The summed E-state index contributed by atoms with van der Waals surface area (Å²) >= 11 is 1.40. The van der Waals surface area contributed by atoms with Gasteiger partial charge in [0.15, 0.2) is 4.80 Å². The largest absolute Gasteiger partial charge is 0.494 e. The van der Waals surface area contributed by atoms with E-state index in [0.29, 0.717) is 35.8 Å². The topological polar surface area (TPSA) is 90.2 Å². The molecule has 3 amide bonds. The lowest BCUT2D eigenvalue weighted by Gasteiger charge is -2.13. The molecule has 0 atom stereocenters. The monoisotopic (exact) mass is 453 g/mol. The van der Waals surface area contributed by atoms with Gasteiger partial charge in [0.1, 0.15) is 5.75 Å². The normalized spacial score (nSPS) is 14.6. The first-order chi connectivity index (χ1) is 15.5. The van der Waals surface area contributed by atoms with Crippen molar-refractivity contribution in [1.29, 1.82) is 0 Å². The fourth-order valence-corrected chi connectivity index (χ4v) is 4.65. The van der Waals surface area contributed by atoms with Crippen LogP contribution in [-0.4, -0.2) is 42.6 Å². The second-order valence-corrected chi connectivity index (χ2v) is 8.19. The SMILES string of the molecule is CCOc1ccc2c(c1)sc(=NC(=O)c1ccc(N3C(=O)CCC3=O)cc1)n2CCOC. The van der Waals surface area contributed by atoms with Gasteiger partial charge >= 0.3 is 0 Å². The van der Waals surface area contributed by atoms with Crippen LogP contribution in [0.5, 0.6) is 5.75 Å². The maximum Gasteiger partial charge on any atom is 0.279 e. The van der Waals surface area contributed by atoms with Gasteiger partial charge in [-0.2, -0.15) is 4.99 Å². The van der Waals surface area contributed by atoms with Crippen LogP contribution in [0.25, 0.3) is 10.2 Å². The smallest absolute Gasteiger partial charge is 0.279 e.